The third kappa shape index (κ3) is 6.58. The summed E-state index contributed by atoms with van der Waals surface area (Å²) in [7, 11) is 0. The Hall–Kier alpha value is -0.340. The van der Waals surface area contributed by atoms with Crippen molar-refractivity contribution in [3.05, 3.63) is 33.8 Å². The van der Waals surface area contributed by atoms with Gasteiger partial charge in [-0.25, -0.2) is 0 Å². The average Bonchev–Trinajstić information content (AvgIpc) is 2.40. The molecule has 1 rings (SSSR count). The predicted octanol–water partition coefficient (Wildman–Crippen LogP) is 5.90. The number of nitrogens with two attached hydrogens (primary N) is 1. The van der Waals surface area contributed by atoms with Gasteiger partial charge in [-0.15, -0.1) is 0 Å². The number of aryl methyl sites for hydroxylation is 1. The van der Waals surface area contributed by atoms with Crippen molar-refractivity contribution in [1.82, 2.24) is 0 Å². The van der Waals surface area contributed by atoms with Gasteiger partial charge >= 0.3 is 0 Å². The summed E-state index contributed by atoms with van der Waals surface area (Å²) in [5, 5.41) is 0. The fourth-order valence-electron chi connectivity index (χ4n) is 2.49. The maximum Gasteiger partial charge on any atom is 0.0297 e. The molecule has 2 N–H and O–H groups in total. The van der Waals surface area contributed by atoms with Gasteiger partial charge in [0.15, 0.2) is 0 Å². The van der Waals surface area contributed by atoms with Crippen LogP contribution in [-0.4, -0.2) is 0 Å². The number of rotatable bonds is 9. The molecule has 1 unspecified atom stereocenters. The van der Waals surface area contributed by atoms with Crippen molar-refractivity contribution in [1.29, 1.82) is 0 Å². The lowest BCUT2D eigenvalue weighted by Gasteiger charge is -2.15. The van der Waals surface area contributed by atoms with E-state index in [1.165, 1.54) is 56.1 Å². The number of halogens is 1. The Bertz CT molecular complexity index is 362. The van der Waals surface area contributed by atoms with Crippen molar-refractivity contribution in [3.8, 4) is 0 Å². The van der Waals surface area contributed by atoms with Gasteiger partial charge in [0.2, 0.25) is 0 Å². The second kappa shape index (κ2) is 9.55. The molecule has 1 aromatic carbocycles. The Kier molecular flexibility index (Phi) is 8.40. The molecule has 0 aliphatic heterocycles. The molecule has 0 saturated heterocycles. The lowest BCUT2D eigenvalue weighted by Crippen LogP contribution is -2.11. The molecule has 0 amide bonds. The molecule has 2 heteroatoms. The van der Waals surface area contributed by atoms with Crippen molar-refractivity contribution in [2.75, 3.05) is 0 Å². The maximum atomic E-state index is 6.31. The van der Waals surface area contributed by atoms with E-state index in [1.54, 1.807) is 0 Å². The summed E-state index contributed by atoms with van der Waals surface area (Å²) in [6.07, 6.45) is 10.5. The highest BCUT2D eigenvalue weighted by Gasteiger charge is 2.09. The minimum atomic E-state index is 0.188. The molecule has 0 fully saturated rings. The van der Waals surface area contributed by atoms with Crippen LogP contribution in [0.5, 0.6) is 0 Å². The Morgan fingerprint density at radius 1 is 1.05 bits per heavy atom. The highest BCUT2D eigenvalue weighted by Crippen LogP contribution is 2.24. The molecule has 0 bridgehead atoms. The Balaban J connectivity index is 2.23. The van der Waals surface area contributed by atoms with Crippen LogP contribution in [0.4, 0.5) is 0 Å². The van der Waals surface area contributed by atoms with Crippen molar-refractivity contribution >= 4 is 15.9 Å². The number of hydrogen-bond donors (Lipinski definition) is 1. The van der Waals surface area contributed by atoms with Gasteiger partial charge in [0, 0.05) is 10.5 Å². The molecule has 0 saturated carbocycles. The molecule has 0 aliphatic carbocycles. The lowest BCUT2D eigenvalue weighted by atomic mass is 9.97. The Morgan fingerprint density at radius 3 is 2.37 bits per heavy atom. The molecule has 0 spiro atoms. The SMILES string of the molecule is CCCCCCCCCC(N)c1cc(Br)ccc1C. The smallest absolute Gasteiger partial charge is 0.0297 e. The van der Waals surface area contributed by atoms with E-state index in [-0.39, 0.29) is 6.04 Å². The molecular weight excluding hydrogens is 298 g/mol. The second-order valence-corrected chi connectivity index (χ2v) is 6.43. The molecule has 0 aromatic heterocycles. The fourth-order valence-corrected chi connectivity index (χ4v) is 2.87. The van der Waals surface area contributed by atoms with Crippen molar-refractivity contribution in [3.63, 3.8) is 0 Å². The Labute approximate surface area is 127 Å². The zero-order valence-electron chi connectivity index (χ0n) is 12.4. The molecular formula is C17H28BrN. The summed E-state index contributed by atoms with van der Waals surface area (Å²) in [6, 6.07) is 6.58. The molecule has 0 radical (unpaired) electrons. The summed E-state index contributed by atoms with van der Waals surface area (Å²) in [5.74, 6) is 0. The molecule has 1 nitrogen and oxygen atoms in total. The van der Waals surface area contributed by atoms with Gasteiger partial charge in [0.1, 0.15) is 0 Å². The maximum absolute atomic E-state index is 6.31. The van der Waals surface area contributed by atoms with Crippen LogP contribution < -0.4 is 5.73 Å². The van der Waals surface area contributed by atoms with Gasteiger partial charge in [-0.1, -0.05) is 73.9 Å². The normalized spacial score (nSPS) is 12.6. The first kappa shape index (κ1) is 16.7. The quantitative estimate of drug-likeness (QED) is 0.562. The van der Waals surface area contributed by atoms with Gasteiger partial charge in [0.05, 0.1) is 0 Å². The molecule has 0 heterocycles. The van der Waals surface area contributed by atoms with Gasteiger partial charge in [-0.3, -0.25) is 0 Å². The van der Waals surface area contributed by atoms with E-state index in [4.69, 9.17) is 5.73 Å². The van der Waals surface area contributed by atoms with E-state index in [9.17, 15) is 0 Å². The first-order valence-corrected chi connectivity index (χ1v) is 8.46. The van der Waals surface area contributed by atoms with Crippen molar-refractivity contribution < 1.29 is 0 Å². The van der Waals surface area contributed by atoms with Crippen LogP contribution in [0.3, 0.4) is 0 Å². The monoisotopic (exact) mass is 325 g/mol. The van der Waals surface area contributed by atoms with E-state index in [0.29, 0.717) is 0 Å². The van der Waals surface area contributed by atoms with Crippen LogP contribution in [0.15, 0.2) is 22.7 Å². The van der Waals surface area contributed by atoms with Crippen LogP contribution in [0.25, 0.3) is 0 Å². The van der Waals surface area contributed by atoms with Crippen LogP contribution in [-0.2, 0) is 0 Å². The van der Waals surface area contributed by atoms with E-state index in [1.807, 2.05) is 0 Å². The van der Waals surface area contributed by atoms with Crippen molar-refractivity contribution in [2.24, 2.45) is 5.73 Å². The summed E-state index contributed by atoms with van der Waals surface area (Å²) < 4.78 is 1.13. The van der Waals surface area contributed by atoms with Crippen LogP contribution in [0.2, 0.25) is 0 Å². The summed E-state index contributed by atoms with van der Waals surface area (Å²) >= 11 is 3.53. The second-order valence-electron chi connectivity index (χ2n) is 5.52. The summed E-state index contributed by atoms with van der Waals surface area (Å²) in [4.78, 5) is 0. The third-order valence-corrected chi connectivity index (χ3v) is 4.25. The van der Waals surface area contributed by atoms with Gasteiger partial charge in [-0.2, -0.15) is 0 Å². The van der Waals surface area contributed by atoms with E-state index in [2.05, 4.69) is 48.0 Å². The fraction of sp³-hybridized carbons (Fsp3) is 0.647. The third-order valence-electron chi connectivity index (χ3n) is 3.76. The predicted molar refractivity (Wildman–Crippen MR) is 88.4 cm³/mol. The topological polar surface area (TPSA) is 26.0 Å². The molecule has 108 valence electrons. The summed E-state index contributed by atoms with van der Waals surface area (Å²) in [5.41, 5.74) is 8.90. The van der Waals surface area contributed by atoms with Gasteiger partial charge in [-0.05, 0) is 36.6 Å². The highest BCUT2D eigenvalue weighted by atomic mass is 79.9. The first-order chi connectivity index (χ1) is 9.15. The lowest BCUT2D eigenvalue weighted by molar-refractivity contribution is 0.540. The zero-order chi connectivity index (χ0) is 14.1. The number of unbranched alkanes of at least 4 members (excludes halogenated alkanes) is 6. The Morgan fingerprint density at radius 2 is 1.68 bits per heavy atom. The highest BCUT2D eigenvalue weighted by molar-refractivity contribution is 9.10. The average molecular weight is 326 g/mol. The van der Waals surface area contributed by atoms with E-state index >= 15 is 0 Å². The van der Waals surface area contributed by atoms with E-state index < -0.39 is 0 Å². The molecule has 19 heavy (non-hydrogen) atoms. The zero-order valence-corrected chi connectivity index (χ0v) is 14.0. The van der Waals surface area contributed by atoms with Gasteiger partial charge < -0.3 is 5.73 Å². The minimum Gasteiger partial charge on any atom is -0.324 e. The standard InChI is InChI=1S/C17H28BrN/c1-3-4-5-6-7-8-9-10-17(19)16-13-15(18)12-11-14(16)2/h11-13,17H,3-10,19H2,1-2H3. The molecule has 1 aromatic rings. The number of benzene rings is 1. The summed E-state index contributed by atoms with van der Waals surface area (Å²) in [6.45, 7) is 4.41. The molecule has 1 atom stereocenters. The minimum absolute atomic E-state index is 0.188. The van der Waals surface area contributed by atoms with Gasteiger partial charge in [0.25, 0.3) is 0 Å². The van der Waals surface area contributed by atoms with E-state index in [0.717, 1.165) is 10.9 Å². The number of hydrogen-bond acceptors (Lipinski definition) is 1. The van der Waals surface area contributed by atoms with Crippen molar-refractivity contribution in [2.45, 2.75) is 71.3 Å². The first-order valence-electron chi connectivity index (χ1n) is 7.66. The van der Waals surface area contributed by atoms with Crippen LogP contribution in [0, 0.1) is 6.92 Å². The van der Waals surface area contributed by atoms with Crippen LogP contribution in [0.1, 0.15) is 75.5 Å². The molecule has 0 aliphatic rings. The van der Waals surface area contributed by atoms with Crippen LogP contribution >= 0.6 is 15.9 Å². The largest absolute Gasteiger partial charge is 0.324 e.